The normalized spacial score (nSPS) is 15.4. The Morgan fingerprint density at radius 3 is 1.68 bits per heavy atom. The molecule has 0 aromatic heterocycles. The minimum Gasteiger partial charge on any atom is -0.461 e. The molecule has 3 atom stereocenters. The van der Waals surface area contributed by atoms with Gasteiger partial charge in [-0.05, 0) is 62.8 Å². The van der Waals surface area contributed by atoms with E-state index < -0.39 is 43.5 Å². The second kappa shape index (κ2) is 22.9. The summed E-state index contributed by atoms with van der Waals surface area (Å²) in [5.41, 5.74) is 1.09. The van der Waals surface area contributed by atoms with E-state index in [9.17, 15) is 19.7 Å². The third kappa shape index (κ3) is 11.2. The highest BCUT2D eigenvalue weighted by molar-refractivity contribution is 8.47. The van der Waals surface area contributed by atoms with Crippen molar-refractivity contribution in [2.24, 2.45) is 5.92 Å². The van der Waals surface area contributed by atoms with Crippen LogP contribution in [0, 0.1) is 16.0 Å². The maximum Gasteiger partial charge on any atom is 0.312 e. The van der Waals surface area contributed by atoms with E-state index in [1.54, 1.807) is 12.1 Å². The minimum atomic E-state index is -3.19. The molecule has 356 valence electrons. The number of non-ortho nitro benzene ring substituents is 1. The molecule has 6 aromatic rings. The molecule has 0 radical (unpaired) electrons. The lowest BCUT2D eigenvalue weighted by Gasteiger charge is -2.54. The summed E-state index contributed by atoms with van der Waals surface area (Å²) in [4.78, 5) is 55.2. The number of amides is 2. The van der Waals surface area contributed by atoms with Crippen molar-refractivity contribution >= 4 is 110 Å². The van der Waals surface area contributed by atoms with Gasteiger partial charge in [-0.15, -0.1) is 11.8 Å². The van der Waals surface area contributed by atoms with E-state index in [1.807, 2.05) is 103 Å². The van der Waals surface area contributed by atoms with Gasteiger partial charge in [-0.2, -0.15) is 0 Å². The van der Waals surface area contributed by atoms with E-state index in [1.165, 1.54) is 42.6 Å². The van der Waals surface area contributed by atoms with Gasteiger partial charge in [-0.1, -0.05) is 196 Å². The van der Waals surface area contributed by atoms with Crippen LogP contribution in [0.15, 0.2) is 176 Å². The molecule has 1 heterocycles. The zero-order chi connectivity index (χ0) is 49.2. The fourth-order valence-electron chi connectivity index (χ4n) is 9.13. The number of benzene rings is 6. The number of carbonyl (C=O) groups excluding carboxylic acids is 3. The first-order valence-electron chi connectivity index (χ1n) is 22.7. The third-order valence-electron chi connectivity index (χ3n) is 12.2. The fourth-order valence-corrected chi connectivity index (χ4v) is 21.2. The first-order chi connectivity index (χ1) is 33.2. The zero-order valence-electron chi connectivity index (χ0n) is 39.2. The number of nitrogens with zero attached hydrogens (tertiary/aromatic N) is 2. The molecule has 2 amide bonds. The van der Waals surface area contributed by atoms with E-state index in [-0.39, 0.29) is 35.6 Å². The Morgan fingerprint density at radius 1 is 0.783 bits per heavy atom. The summed E-state index contributed by atoms with van der Waals surface area (Å²) >= 11 is 8.97. The van der Waals surface area contributed by atoms with Crippen molar-refractivity contribution in [3.8, 4) is 0 Å². The quantitative estimate of drug-likeness (QED) is 0.0131. The lowest BCUT2D eigenvalue weighted by molar-refractivity contribution is -0.384. The summed E-state index contributed by atoms with van der Waals surface area (Å²) in [6.45, 7) is 7.25. The van der Waals surface area contributed by atoms with Crippen LogP contribution >= 0.6 is 42.6 Å². The van der Waals surface area contributed by atoms with Crippen molar-refractivity contribution in [3.05, 3.63) is 192 Å². The number of nitro benzene ring substituents is 1. The number of β-lactam (4-membered cyclic amide) rings is 1. The van der Waals surface area contributed by atoms with Crippen LogP contribution in [-0.2, 0) is 30.2 Å². The lowest BCUT2D eigenvalue weighted by atomic mass is 9.92. The maximum atomic E-state index is 15.9. The number of thiocarbonyl (C=S) groups is 1. The highest BCUT2D eigenvalue weighted by Gasteiger charge is 2.58. The van der Waals surface area contributed by atoms with Crippen molar-refractivity contribution in [3.63, 3.8) is 0 Å². The zero-order valence-corrected chi connectivity index (χ0v) is 43.6. The van der Waals surface area contributed by atoms with Gasteiger partial charge in [0.05, 0.1) is 23.4 Å². The molecule has 3 unspecified atom stereocenters. The Morgan fingerprint density at radius 2 is 1.25 bits per heavy atom. The van der Waals surface area contributed by atoms with E-state index in [4.69, 9.17) is 21.4 Å². The molecule has 15 heteroatoms. The summed E-state index contributed by atoms with van der Waals surface area (Å²) in [5, 5.41) is 18.2. The highest BCUT2D eigenvalue weighted by Crippen LogP contribution is 2.53. The molecule has 1 aliphatic heterocycles. The van der Waals surface area contributed by atoms with Gasteiger partial charge in [-0.25, -0.2) is 0 Å². The van der Waals surface area contributed by atoms with Gasteiger partial charge in [0.15, 0.2) is 0 Å². The van der Waals surface area contributed by atoms with E-state index >= 15 is 4.79 Å². The topological polar surface area (TPSA) is 128 Å². The van der Waals surface area contributed by atoms with Crippen LogP contribution in [-0.4, -0.2) is 68.6 Å². The number of likely N-dealkylation sites (tertiary alicyclic amines) is 1. The standard InChI is InChI=1S/C54H56N3O7PS3Si/c1-39(64-69(54(3,4)5,46-27-17-9-18-28-46)47-29-19-10-20-30-47)50-51(60)56(52(50)68-53(66)67-36-35-55-40(2)58)48(37-49(59)63-38-41-31-33-42(34-32-41)57(61)62)65(43-21-11-6-12-22-43,44-23-13-7-14-24-44)45-25-15-8-16-26-45/h6-34,39,50,52H,35-38H2,1-5H3,(H,55,58). The number of hydrogen-bond donors (Lipinski definition) is 1. The summed E-state index contributed by atoms with van der Waals surface area (Å²) in [6.07, 6.45) is -0.889. The molecule has 0 saturated carbocycles. The van der Waals surface area contributed by atoms with E-state index in [0.29, 0.717) is 26.8 Å². The van der Waals surface area contributed by atoms with Crippen LogP contribution in [0.25, 0.3) is 0 Å². The van der Waals surface area contributed by atoms with Crippen molar-refractivity contribution in [2.75, 3.05) is 12.3 Å². The predicted octanol–water partition coefficient (Wildman–Crippen LogP) is 8.79. The fraction of sp³-hybridized carbons (Fsp3) is 0.241. The summed E-state index contributed by atoms with van der Waals surface area (Å²) in [6, 6.07) is 56.7. The van der Waals surface area contributed by atoms with Crippen LogP contribution in [0.1, 0.15) is 46.6 Å². The second-order valence-corrected chi connectivity index (χ2v) is 28.7. The monoisotopic (exact) mass is 1010 g/mol. The lowest BCUT2D eigenvalue weighted by Crippen LogP contribution is -2.71. The number of hydrogen-bond acceptors (Lipinski definition) is 10. The smallest absolute Gasteiger partial charge is 0.312 e. The number of nitro groups is 1. The number of ether oxygens (including phenoxy) is 1. The highest BCUT2D eigenvalue weighted by atomic mass is 32.2. The average molecular weight is 1010 g/mol. The number of rotatable bonds is 18. The Balaban J connectivity index is 1.43. The Hall–Kier alpha value is -5.60. The van der Waals surface area contributed by atoms with Gasteiger partial charge in [-0.3, -0.25) is 24.5 Å². The largest absolute Gasteiger partial charge is 0.461 e. The van der Waals surface area contributed by atoms with Gasteiger partial charge in [0, 0.05) is 36.8 Å². The van der Waals surface area contributed by atoms with Crippen LogP contribution in [0.4, 0.5) is 5.69 Å². The van der Waals surface area contributed by atoms with Gasteiger partial charge < -0.3 is 19.4 Å². The minimum absolute atomic E-state index is 0.0717. The average Bonchev–Trinajstić information content (AvgIpc) is 3.35. The van der Waals surface area contributed by atoms with Crippen molar-refractivity contribution in [1.82, 2.24) is 10.2 Å². The van der Waals surface area contributed by atoms with Gasteiger partial charge in [0.1, 0.15) is 15.5 Å². The molecule has 1 fully saturated rings. The Labute approximate surface area is 419 Å². The first kappa shape index (κ1) is 51.3. The molecule has 0 bridgehead atoms. The van der Waals surface area contributed by atoms with Gasteiger partial charge in [0.25, 0.3) is 14.0 Å². The molecule has 1 N–H and O–H groups in total. The molecule has 0 spiro atoms. The van der Waals surface area contributed by atoms with Crippen LogP contribution in [0.2, 0.25) is 5.04 Å². The first-order valence-corrected chi connectivity index (χ1v) is 28.7. The number of thioether (sulfide) groups is 2. The molecular weight excluding hydrogens is 958 g/mol. The van der Waals surface area contributed by atoms with Gasteiger partial charge >= 0.3 is 5.97 Å². The number of nitrogens with one attached hydrogen (secondary N) is 1. The van der Waals surface area contributed by atoms with Crippen molar-refractivity contribution in [1.29, 1.82) is 0 Å². The second-order valence-electron chi connectivity index (χ2n) is 17.7. The maximum absolute atomic E-state index is 15.9. The van der Waals surface area contributed by atoms with E-state index in [2.05, 4.69) is 86.8 Å². The number of carbonyl (C=O) groups is 3. The van der Waals surface area contributed by atoms with Gasteiger partial charge in [0.2, 0.25) is 11.8 Å². The molecule has 0 aliphatic carbocycles. The van der Waals surface area contributed by atoms with Crippen molar-refractivity contribution < 1.29 is 28.5 Å². The molecule has 7 rings (SSSR count). The molecular formula is C54H56N3O7PS3Si. The van der Waals surface area contributed by atoms with Crippen molar-refractivity contribution in [2.45, 2.75) is 64.2 Å². The van der Waals surface area contributed by atoms with Crippen LogP contribution < -0.4 is 31.6 Å². The Kier molecular flexibility index (Phi) is 17.0. The summed E-state index contributed by atoms with van der Waals surface area (Å²) < 4.78 is 14.3. The molecule has 1 aliphatic rings. The predicted molar refractivity (Wildman–Crippen MR) is 291 cm³/mol. The van der Waals surface area contributed by atoms with Crippen LogP contribution in [0.5, 0.6) is 0 Å². The van der Waals surface area contributed by atoms with Crippen LogP contribution in [0.3, 0.4) is 0 Å². The molecule has 69 heavy (non-hydrogen) atoms. The third-order valence-corrected chi connectivity index (χ3v) is 24.6. The molecule has 10 nitrogen and oxygen atoms in total. The SMILES string of the molecule is CC(=O)NCCSC(=S)SC1C(C(C)O[Si](c2ccccc2)(c2ccccc2)C(C)(C)C)C(=O)N1C(CC(=O)OCc1ccc([N+](=O)[O-])cc1)=P(c1ccccc1)(c1ccccc1)c1ccccc1. The summed E-state index contributed by atoms with van der Waals surface area (Å²) in [7, 11) is -3.19. The number of esters is 1. The molecule has 6 aromatic carbocycles. The summed E-state index contributed by atoms with van der Waals surface area (Å²) in [5.74, 6) is -1.09. The van der Waals surface area contributed by atoms with E-state index in [0.717, 1.165) is 26.3 Å². The molecule has 1 saturated heterocycles. The Bertz CT molecular complexity index is 2660.